The normalized spacial score (nSPS) is 39.8. The van der Waals surface area contributed by atoms with Crippen LogP contribution in [0.3, 0.4) is 0 Å². The summed E-state index contributed by atoms with van der Waals surface area (Å²) in [6, 6.07) is 1.08. The van der Waals surface area contributed by atoms with Crippen LogP contribution in [0.1, 0.15) is 32.6 Å². The summed E-state index contributed by atoms with van der Waals surface area (Å²) in [6.45, 7) is 6.29. The number of hydrogen-bond donors (Lipinski definition) is 1. The molecule has 1 spiro atoms. The van der Waals surface area contributed by atoms with Crippen molar-refractivity contribution in [2.45, 2.75) is 56.5 Å². The predicted octanol–water partition coefficient (Wildman–Crippen LogP) is 0.720. The predicted molar refractivity (Wildman–Crippen MR) is 71.9 cm³/mol. The van der Waals surface area contributed by atoms with Crippen LogP contribution >= 0.6 is 0 Å². The van der Waals surface area contributed by atoms with Gasteiger partial charge in [0.25, 0.3) is 0 Å². The highest BCUT2D eigenvalue weighted by Crippen LogP contribution is 2.38. The van der Waals surface area contributed by atoms with E-state index in [1.54, 1.807) is 0 Å². The van der Waals surface area contributed by atoms with Crippen molar-refractivity contribution in [1.82, 2.24) is 4.90 Å². The van der Waals surface area contributed by atoms with Crippen LogP contribution < -0.4 is 5.73 Å². The molecule has 3 unspecified atom stereocenters. The second kappa shape index (κ2) is 5.66. The molecule has 3 rings (SSSR count). The molecule has 3 fully saturated rings. The molecule has 1 aliphatic carbocycles. The van der Waals surface area contributed by atoms with Gasteiger partial charge in [0.2, 0.25) is 0 Å². The summed E-state index contributed by atoms with van der Waals surface area (Å²) in [4.78, 5) is 2.54. The number of rotatable bonds is 2. The molecule has 5 nitrogen and oxygen atoms in total. The van der Waals surface area contributed by atoms with Crippen molar-refractivity contribution >= 4 is 0 Å². The van der Waals surface area contributed by atoms with Crippen LogP contribution in [0.5, 0.6) is 0 Å². The first-order valence-corrected chi connectivity index (χ1v) is 7.61. The van der Waals surface area contributed by atoms with Crippen molar-refractivity contribution in [3.63, 3.8) is 0 Å². The summed E-state index contributed by atoms with van der Waals surface area (Å²) in [6.07, 6.45) is 3.94. The summed E-state index contributed by atoms with van der Waals surface area (Å²) in [7, 11) is 0. The zero-order chi connectivity index (χ0) is 13.3. The lowest BCUT2D eigenvalue weighted by atomic mass is 9.84. The van der Waals surface area contributed by atoms with Gasteiger partial charge >= 0.3 is 0 Å². The Morgan fingerprint density at radius 3 is 2.79 bits per heavy atom. The first-order chi connectivity index (χ1) is 9.24. The maximum absolute atomic E-state index is 6.38. The van der Waals surface area contributed by atoms with Gasteiger partial charge in [0.05, 0.1) is 26.4 Å². The molecule has 0 aromatic heterocycles. The van der Waals surface area contributed by atoms with Gasteiger partial charge in [0, 0.05) is 37.5 Å². The number of morpholine rings is 1. The first-order valence-electron chi connectivity index (χ1n) is 7.61. The monoisotopic (exact) mass is 270 g/mol. The summed E-state index contributed by atoms with van der Waals surface area (Å²) < 4.78 is 17.4. The van der Waals surface area contributed by atoms with Gasteiger partial charge in [0.1, 0.15) is 0 Å². The molecule has 2 N–H and O–H groups in total. The van der Waals surface area contributed by atoms with E-state index < -0.39 is 0 Å². The molecule has 2 heterocycles. The summed E-state index contributed by atoms with van der Waals surface area (Å²) in [5, 5.41) is 0. The van der Waals surface area contributed by atoms with Crippen molar-refractivity contribution in [3.8, 4) is 0 Å². The Morgan fingerprint density at radius 1 is 1.26 bits per heavy atom. The molecular weight excluding hydrogens is 244 g/mol. The van der Waals surface area contributed by atoms with Crippen LogP contribution in [0.4, 0.5) is 0 Å². The van der Waals surface area contributed by atoms with Crippen molar-refractivity contribution in [2.24, 2.45) is 5.73 Å². The van der Waals surface area contributed by atoms with E-state index in [1.165, 1.54) is 0 Å². The van der Waals surface area contributed by atoms with Gasteiger partial charge in [-0.15, -0.1) is 0 Å². The topological polar surface area (TPSA) is 57.0 Å². The minimum atomic E-state index is -0.350. The largest absolute Gasteiger partial charge is 0.378 e. The molecule has 2 aliphatic heterocycles. The van der Waals surface area contributed by atoms with Crippen LogP contribution in [-0.2, 0) is 14.2 Å². The molecule has 0 bridgehead atoms. The number of ether oxygens (including phenoxy) is 3. The Hall–Kier alpha value is -0.200. The third-order valence-electron chi connectivity index (χ3n) is 4.86. The van der Waals surface area contributed by atoms with Crippen molar-refractivity contribution < 1.29 is 14.2 Å². The van der Waals surface area contributed by atoms with Gasteiger partial charge in [-0.1, -0.05) is 6.92 Å². The average Bonchev–Trinajstić information content (AvgIpc) is 2.90. The molecule has 0 aromatic carbocycles. The average molecular weight is 270 g/mol. The number of nitrogens with zero attached hydrogens (tertiary/aromatic N) is 1. The van der Waals surface area contributed by atoms with Crippen LogP contribution in [0, 0.1) is 0 Å². The zero-order valence-corrected chi connectivity index (χ0v) is 11.8. The minimum Gasteiger partial charge on any atom is -0.378 e. The Bertz CT molecular complexity index is 307. The van der Waals surface area contributed by atoms with Gasteiger partial charge in [0.15, 0.2) is 5.79 Å². The second-order valence-corrected chi connectivity index (χ2v) is 5.96. The maximum atomic E-state index is 6.38. The summed E-state index contributed by atoms with van der Waals surface area (Å²) in [5.41, 5.74) is 6.38. The highest BCUT2D eigenvalue weighted by molar-refractivity contribution is 4.97. The fourth-order valence-electron chi connectivity index (χ4n) is 3.73. The Morgan fingerprint density at radius 2 is 2.05 bits per heavy atom. The van der Waals surface area contributed by atoms with E-state index in [2.05, 4.69) is 11.8 Å². The molecule has 0 aromatic rings. The fraction of sp³-hybridized carbons (Fsp3) is 1.00. The Kier molecular flexibility index (Phi) is 4.10. The third-order valence-corrected chi connectivity index (χ3v) is 4.86. The maximum Gasteiger partial charge on any atom is 0.170 e. The number of hydrogen-bond acceptors (Lipinski definition) is 5. The molecule has 19 heavy (non-hydrogen) atoms. The van der Waals surface area contributed by atoms with E-state index in [0.29, 0.717) is 12.1 Å². The highest BCUT2D eigenvalue weighted by atomic mass is 16.7. The lowest BCUT2D eigenvalue weighted by Crippen LogP contribution is -2.61. The van der Waals surface area contributed by atoms with Gasteiger partial charge < -0.3 is 19.9 Å². The molecule has 1 saturated carbocycles. The third kappa shape index (κ3) is 2.67. The standard InChI is InChI=1S/C14H26N2O3/c1-2-11-10-17-6-5-16(11)13-9-14(4-3-12(13)15)18-7-8-19-14/h11-13H,2-10,15H2,1H3. The molecule has 110 valence electrons. The van der Waals surface area contributed by atoms with E-state index >= 15 is 0 Å². The van der Waals surface area contributed by atoms with Gasteiger partial charge in [-0.25, -0.2) is 0 Å². The van der Waals surface area contributed by atoms with Crippen LogP contribution in [0.15, 0.2) is 0 Å². The van der Waals surface area contributed by atoms with Crippen molar-refractivity contribution in [3.05, 3.63) is 0 Å². The second-order valence-electron chi connectivity index (χ2n) is 5.96. The van der Waals surface area contributed by atoms with Gasteiger partial charge in [-0.3, -0.25) is 4.90 Å². The summed E-state index contributed by atoms with van der Waals surface area (Å²) in [5.74, 6) is -0.350. The molecule has 2 saturated heterocycles. The quantitative estimate of drug-likeness (QED) is 0.801. The van der Waals surface area contributed by atoms with Crippen LogP contribution in [0.2, 0.25) is 0 Å². The Balaban J connectivity index is 1.73. The van der Waals surface area contributed by atoms with E-state index in [-0.39, 0.29) is 11.8 Å². The fourth-order valence-corrected chi connectivity index (χ4v) is 3.73. The summed E-state index contributed by atoms with van der Waals surface area (Å²) >= 11 is 0. The minimum absolute atomic E-state index is 0.227. The van der Waals surface area contributed by atoms with E-state index in [9.17, 15) is 0 Å². The molecular formula is C14H26N2O3. The first kappa shape index (κ1) is 13.8. The lowest BCUT2D eigenvalue weighted by molar-refractivity contribution is -0.197. The zero-order valence-electron chi connectivity index (χ0n) is 11.8. The van der Waals surface area contributed by atoms with E-state index in [0.717, 1.165) is 58.7 Å². The lowest BCUT2D eigenvalue weighted by Gasteiger charge is -2.48. The molecule has 3 aliphatic rings. The van der Waals surface area contributed by atoms with Crippen molar-refractivity contribution in [2.75, 3.05) is 33.0 Å². The molecule has 0 amide bonds. The number of nitrogens with two attached hydrogens (primary N) is 1. The van der Waals surface area contributed by atoms with Crippen molar-refractivity contribution in [1.29, 1.82) is 0 Å². The molecule has 3 atom stereocenters. The molecule has 5 heteroatoms. The van der Waals surface area contributed by atoms with E-state index in [4.69, 9.17) is 19.9 Å². The molecule has 0 radical (unpaired) electrons. The van der Waals surface area contributed by atoms with Gasteiger partial charge in [-0.05, 0) is 12.8 Å². The SMILES string of the molecule is CCC1COCCN1C1CC2(CCC1N)OCCO2. The van der Waals surface area contributed by atoms with Gasteiger partial charge in [-0.2, -0.15) is 0 Å². The van der Waals surface area contributed by atoms with Crippen LogP contribution in [0.25, 0.3) is 0 Å². The Labute approximate surface area is 115 Å². The smallest absolute Gasteiger partial charge is 0.170 e. The highest BCUT2D eigenvalue weighted by Gasteiger charge is 2.47. The van der Waals surface area contributed by atoms with E-state index in [1.807, 2.05) is 0 Å². The van der Waals surface area contributed by atoms with Crippen LogP contribution in [-0.4, -0.2) is 61.8 Å².